The maximum absolute atomic E-state index is 12.2. The molecule has 0 saturated heterocycles. The van der Waals surface area contributed by atoms with Crippen LogP contribution in [-0.4, -0.2) is 18.5 Å². The molecule has 1 aliphatic rings. The van der Waals surface area contributed by atoms with E-state index in [2.05, 4.69) is 35.3 Å². The summed E-state index contributed by atoms with van der Waals surface area (Å²) in [6.07, 6.45) is 1.02. The van der Waals surface area contributed by atoms with E-state index in [1.165, 1.54) is 11.3 Å². The molecule has 1 N–H and O–H groups in total. The molecule has 0 bridgehead atoms. The Morgan fingerprint density at radius 2 is 1.86 bits per heavy atom. The number of nitrogens with zero attached hydrogens (tertiary/aromatic N) is 1. The highest BCUT2D eigenvalue weighted by atomic mass is 16.2. The summed E-state index contributed by atoms with van der Waals surface area (Å²) < 4.78 is 0. The summed E-state index contributed by atoms with van der Waals surface area (Å²) in [5.41, 5.74) is 3.65. The molecule has 2 aromatic carbocycles. The van der Waals surface area contributed by atoms with E-state index in [0.717, 1.165) is 12.0 Å². The third-order valence-corrected chi connectivity index (χ3v) is 3.99. The summed E-state index contributed by atoms with van der Waals surface area (Å²) in [6.45, 7) is 3.18. The van der Waals surface area contributed by atoms with Crippen LogP contribution in [0.1, 0.15) is 18.1 Å². The number of anilines is 1. The number of fused-ring (bicyclic) bond motifs is 1. The molecular weight excluding hydrogens is 260 g/mol. The second-order valence-corrected chi connectivity index (χ2v) is 5.57. The van der Waals surface area contributed by atoms with Gasteiger partial charge in [0, 0.05) is 18.3 Å². The molecule has 1 heterocycles. The Balaban J connectivity index is 1.60. The van der Waals surface area contributed by atoms with Crippen LogP contribution >= 0.6 is 0 Å². The lowest BCUT2D eigenvalue weighted by Gasteiger charge is -2.24. The Morgan fingerprint density at radius 1 is 1.14 bits per heavy atom. The summed E-state index contributed by atoms with van der Waals surface area (Å²) in [5, 5.41) is 3.00. The zero-order valence-electron chi connectivity index (χ0n) is 12.3. The lowest BCUT2D eigenvalue weighted by atomic mass is 10.1. The number of carbonyl (C=O) groups is 1. The first-order valence-electron chi connectivity index (χ1n) is 7.39. The third kappa shape index (κ3) is 3.07. The van der Waals surface area contributed by atoms with Gasteiger partial charge in [-0.1, -0.05) is 48.5 Å². The van der Waals surface area contributed by atoms with Crippen LogP contribution in [0.3, 0.4) is 0 Å². The highest BCUT2D eigenvalue weighted by Gasteiger charge is 2.26. The number of hydrogen-bond donors (Lipinski definition) is 1. The molecule has 21 heavy (non-hydrogen) atoms. The Morgan fingerprint density at radius 3 is 2.67 bits per heavy atom. The van der Waals surface area contributed by atoms with Gasteiger partial charge >= 0.3 is 0 Å². The predicted octanol–water partition coefficient (Wildman–Crippen LogP) is 2.75. The van der Waals surface area contributed by atoms with Crippen LogP contribution in [0.15, 0.2) is 54.6 Å². The van der Waals surface area contributed by atoms with Crippen LogP contribution in [0, 0.1) is 0 Å². The van der Waals surface area contributed by atoms with Crippen molar-refractivity contribution in [2.24, 2.45) is 0 Å². The molecule has 0 aromatic heterocycles. The molecule has 0 aliphatic carbocycles. The van der Waals surface area contributed by atoms with Crippen molar-refractivity contribution in [1.82, 2.24) is 5.32 Å². The topological polar surface area (TPSA) is 32.3 Å². The smallest absolute Gasteiger partial charge is 0.239 e. The van der Waals surface area contributed by atoms with Crippen LogP contribution in [0.5, 0.6) is 0 Å². The van der Waals surface area contributed by atoms with Crippen LogP contribution in [0.2, 0.25) is 0 Å². The molecule has 1 aliphatic heterocycles. The lowest BCUT2D eigenvalue weighted by Crippen LogP contribution is -2.39. The van der Waals surface area contributed by atoms with Gasteiger partial charge in [-0.05, 0) is 30.5 Å². The molecule has 1 unspecified atom stereocenters. The highest BCUT2D eigenvalue weighted by molar-refractivity contribution is 5.82. The minimum Gasteiger partial charge on any atom is -0.359 e. The highest BCUT2D eigenvalue weighted by Crippen LogP contribution is 2.31. The average molecular weight is 280 g/mol. The van der Waals surface area contributed by atoms with Crippen molar-refractivity contribution >= 4 is 11.6 Å². The Labute approximate surface area is 125 Å². The first-order valence-corrected chi connectivity index (χ1v) is 7.39. The number of rotatable bonds is 4. The van der Waals surface area contributed by atoms with Crippen LogP contribution in [0.4, 0.5) is 5.69 Å². The molecule has 3 nitrogen and oxygen atoms in total. The van der Waals surface area contributed by atoms with Crippen molar-refractivity contribution in [2.45, 2.75) is 25.9 Å². The summed E-state index contributed by atoms with van der Waals surface area (Å²) in [5.74, 6) is 0.0717. The van der Waals surface area contributed by atoms with Gasteiger partial charge < -0.3 is 10.2 Å². The molecule has 108 valence electrons. The predicted molar refractivity (Wildman–Crippen MR) is 85.2 cm³/mol. The van der Waals surface area contributed by atoms with Crippen molar-refractivity contribution in [3.8, 4) is 0 Å². The first-order chi connectivity index (χ1) is 10.2. The minimum absolute atomic E-state index is 0.0717. The second-order valence-electron chi connectivity index (χ2n) is 5.57. The molecular formula is C18H20N2O. The SMILES string of the molecule is CC1Cc2ccccc2N1CC(=O)NCc1ccccc1. The van der Waals surface area contributed by atoms with E-state index in [1.807, 2.05) is 36.4 Å². The molecule has 0 radical (unpaired) electrons. The van der Waals surface area contributed by atoms with Gasteiger partial charge in [0.25, 0.3) is 0 Å². The molecule has 3 rings (SSSR count). The zero-order chi connectivity index (χ0) is 14.7. The summed E-state index contributed by atoms with van der Waals surface area (Å²) >= 11 is 0. The Kier molecular flexibility index (Phi) is 3.91. The van der Waals surface area contributed by atoms with Crippen molar-refractivity contribution in [2.75, 3.05) is 11.4 Å². The fourth-order valence-corrected chi connectivity index (χ4v) is 2.88. The van der Waals surface area contributed by atoms with Gasteiger partial charge in [-0.3, -0.25) is 4.79 Å². The molecule has 2 aromatic rings. The molecule has 0 spiro atoms. The van der Waals surface area contributed by atoms with Crippen LogP contribution in [-0.2, 0) is 17.8 Å². The minimum atomic E-state index is 0.0717. The van der Waals surface area contributed by atoms with E-state index in [4.69, 9.17) is 0 Å². The largest absolute Gasteiger partial charge is 0.359 e. The zero-order valence-corrected chi connectivity index (χ0v) is 12.3. The average Bonchev–Trinajstić information content (AvgIpc) is 2.82. The van der Waals surface area contributed by atoms with E-state index < -0.39 is 0 Å². The second kappa shape index (κ2) is 6.00. The molecule has 0 fully saturated rings. The van der Waals surface area contributed by atoms with E-state index in [-0.39, 0.29) is 5.91 Å². The summed E-state index contributed by atoms with van der Waals surface area (Å²) in [4.78, 5) is 14.4. The third-order valence-electron chi connectivity index (χ3n) is 3.99. The normalized spacial score (nSPS) is 16.6. The van der Waals surface area contributed by atoms with Gasteiger partial charge in [0.1, 0.15) is 0 Å². The van der Waals surface area contributed by atoms with Crippen molar-refractivity contribution in [3.63, 3.8) is 0 Å². The molecule has 1 atom stereocenters. The molecule has 3 heteroatoms. The van der Waals surface area contributed by atoms with E-state index in [0.29, 0.717) is 19.1 Å². The first kappa shape index (κ1) is 13.7. The van der Waals surface area contributed by atoms with Gasteiger partial charge in [0.15, 0.2) is 0 Å². The number of hydrogen-bond acceptors (Lipinski definition) is 2. The number of amides is 1. The lowest BCUT2D eigenvalue weighted by molar-refractivity contribution is -0.120. The van der Waals surface area contributed by atoms with Crippen LogP contribution in [0.25, 0.3) is 0 Å². The summed E-state index contributed by atoms with van der Waals surface area (Å²) in [7, 11) is 0. The van der Waals surface area contributed by atoms with Gasteiger partial charge in [0.05, 0.1) is 6.54 Å². The van der Waals surface area contributed by atoms with Gasteiger partial charge in [-0.25, -0.2) is 0 Å². The monoisotopic (exact) mass is 280 g/mol. The fraction of sp³-hybridized carbons (Fsp3) is 0.278. The van der Waals surface area contributed by atoms with E-state index >= 15 is 0 Å². The van der Waals surface area contributed by atoms with Gasteiger partial charge in [-0.2, -0.15) is 0 Å². The number of nitrogens with one attached hydrogen (secondary N) is 1. The number of carbonyl (C=O) groups excluding carboxylic acids is 1. The maximum atomic E-state index is 12.2. The van der Waals surface area contributed by atoms with Crippen molar-refractivity contribution < 1.29 is 4.79 Å². The Hall–Kier alpha value is -2.29. The standard InChI is InChI=1S/C18H20N2O/c1-14-11-16-9-5-6-10-17(16)20(14)13-18(21)19-12-15-7-3-2-4-8-15/h2-10,14H,11-13H2,1H3,(H,19,21). The molecule has 0 saturated carbocycles. The van der Waals surface area contributed by atoms with Gasteiger partial charge in [-0.15, -0.1) is 0 Å². The maximum Gasteiger partial charge on any atom is 0.239 e. The van der Waals surface area contributed by atoms with Gasteiger partial charge in [0.2, 0.25) is 5.91 Å². The Bertz CT molecular complexity index is 624. The fourth-order valence-electron chi connectivity index (χ4n) is 2.88. The van der Waals surface area contributed by atoms with Crippen molar-refractivity contribution in [1.29, 1.82) is 0 Å². The van der Waals surface area contributed by atoms with Crippen molar-refractivity contribution in [3.05, 3.63) is 65.7 Å². The van der Waals surface area contributed by atoms with E-state index in [9.17, 15) is 4.79 Å². The summed E-state index contributed by atoms with van der Waals surface area (Å²) in [6, 6.07) is 18.7. The van der Waals surface area contributed by atoms with Crippen LogP contribution < -0.4 is 10.2 Å². The number of benzene rings is 2. The van der Waals surface area contributed by atoms with E-state index in [1.54, 1.807) is 0 Å². The molecule has 1 amide bonds. The number of para-hydroxylation sites is 1. The quantitative estimate of drug-likeness (QED) is 0.934.